The number of carbonyl (C=O) groups is 2. The fourth-order valence-electron chi connectivity index (χ4n) is 10.7. The molecule has 0 atom stereocenters. The highest BCUT2D eigenvalue weighted by molar-refractivity contribution is 5.94. The van der Waals surface area contributed by atoms with E-state index < -0.39 is 0 Å². The molecule has 0 N–H and O–H groups in total. The van der Waals surface area contributed by atoms with Crippen LogP contribution in [-0.4, -0.2) is 25.7 Å². The molecule has 4 heteroatoms. The highest BCUT2D eigenvalue weighted by atomic mass is 16.1. The number of nitrogens with zero attached hydrogens (tertiary/aromatic N) is 2. The Morgan fingerprint density at radius 1 is 0.690 bits per heavy atom. The van der Waals surface area contributed by atoms with Gasteiger partial charge in [-0.1, -0.05) is 64.1 Å². The Labute approximate surface area is 251 Å². The van der Waals surface area contributed by atoms with Crippen LogP contribution in [0.25, 0.3) is 0 Å². The zero-order valence-corrected chi connectivity index (χ0v) is 26.3. The molecule has 220 valence electrons. The van der Waals surface area contributed by atoms with E-state index in [0.29, 0.717) is 24.7 Å². The van der Waals surface area contributed by atoms with Crippen LogP contribution in [0.1, 0.15) is 90.2 Å². The molecule has 0 radical (unpaired) electrons. The van der Waals surface area contributed by atoms with Crippen LogP contribution in [0, 0.1) is 22.7 Å². The fraction of sp³-hybridized carbons (Fsp3) is 0.526. The zero-order chi connectivity index (χ0) is 29.7. The molecule has 4 bridgehead atoms. The molecule has 2 heterocycles. The minimum Gasteiger partial charge on any atom is -0.347 e. The Hall–Kier alpha value is -3.14. The Morgan fingerprint density at radius 3 is 1.45 bits per heavy atom. The van der Waals surface area contributed by atoms with Gasteiger partial charge in [0.05, 0.1) is 0 Å². The topological polar surface area (TPSA) is 40.6 Å². The number of rotatable bonds is 6. The molecule has 0 unspecified atom stereocenters. The molecule has 0 amide bonds. The van der Waals surface area contributed by atoms with E-state index in [4.69, 9.17) is 0 Å². The lowest BCUT2D eigenvalue weighted by Crippen LogP contribution is -2.53. The summed E-state index contributed by atoms with van der Waals surface area (Å²) >= 11 is 0. The van der Waals surface area contributed by atoms with E-state index in [1.807, 2.05) is 12.2 Å². The van der Waals surface area contributed by atoms with Gasteiger partial charge in [-0.15, -0.1) is 0 Å². The average molecular weight is 563 g/mol. The summed E-state index contributed by atoms with van der Waals surface area (Å²) in [5.41, 5.74) is 6.86. The first-order valence-corrected chi connectivity index (χ1v) is 16.0. The lowest BCUT2D eigenvalue weighted by Gasteiger charge is -2.62. The van der Waals surface area contributed by atoms with Crippen LogP contribution in [0.15, 0.2) is 72.1 Å². The molecular weight excluding hydrogens is 516 g/mol. The number of benzene rings is 2. The summed E-state index contributed by atoms with van der Waals surface area (Å²) in [6.07, 6.45) is 12.1. The highest BCUT2D eigenvalue weighted by Gasteiger charge is 2.58. The molecule has 2 aromatic carbocycles. The SMILES string of the molecule is CN1/C(=C/C(=O)CC23CC4CC(C2)CC(CC(=O)/C=C2/N(C)c5ccccc5C2(C)C)(C4)C3)C(C)(C)c2ccccc21. The normalized spacial score (nSPS) is 33.4. The van der Waals surface area contributed by atoms with Gasteiger partial charge in [0, 0.05) is 72.7 Å². The number of allylic oxidation sites excluding steroid dienone is 4. The second-order valence-corrected chi connectivity index (χ2v) is 15.7. The number of ketones is 2. The molecule has 4 nitrogen and oxygen atoms in total. The molecule has 6 aliphatic rings. The van der Waals surface area contributed by atoms with Gasteiger partial charge >= 0.3 is 0 Å². The van der Waals surface area contributed by atoms with Crippen molar-refractivity contribution in [3.8, 4) is 0 Å². The van der Waals surface area contributed by atoms with Crippen LogP contribution in [0.4, 0.5) is 11.4 Å². The first kappa shape index (κ1) is 27.7. The standard InChI is InChI=1S/C38H46N2O2/c1-35(2)29-11-7-9-13-31(29)39(5)33(35)16-27(41)22-37-18-25-15-26(19-37)21-38(20-25,24-37)23-28(42)17-34-36(3,4)30-12-8-10-14-32(30)40(34)6/h7-14,16-17,25-26H,15,18-24H2,1-6H3/b33-16+,34-17+. The molecule has 2 aliphatic heterocycles. The molecule has 0 saturated heterocycles. The second kappa shape index (κ2) is 9.18. The molecule has 8 rings (SSSR count). The van der Waals surface area contributed by atoms with Gasteiger partial charge in [0.1, 0.15) is 0 Å². The lowest BCUT2D eigenvalue weighted by molar-refractivity contribution is -0.140. The van der Waals surface area contributed by atoms with E-state index >= 15 is 0 Å². The number of likely N-dealkylation sites (N-methyl/N-ethyl adjacent to an activating group) is 2. The van der Waals surface area contributed by atoms with E-state index in [1.165, 1.54) is 28.9 Å². The summed E-state index contributed by atoms with van der Waals surface area (Å²) in [5, 5.41) is 0. The third-order valence-corrected chi connectivity index (χ3v) is 11.9. The van der Waals surface area contributed by atoms with E-state index in [1.54, 1.807) is 0 Å². The maximum Gasteiger partial charge on any atom is 0.158 e. The average Bonchev–Trinajstić information content (AvgIpc) is 3.22. The zero-order valence-electron chi connectivity index (χ0n) is 26.3. The van der Waals surface area contributed by atoms with Crippen LogP contribution >= 0.6 is 0 Å². The Kier molecular flexibility index (Phi) is 6.05. The Morgan fingerprint density at radius 2 is 1.07 bits per heavy atom. The van der Waals surface area contributed by atoms with Crippen molar-refractivity contribution < 1.29 is 9.59 Å². The van der Waals surface area contributed by atoms with E-state index in [-0.39, 0.29) is 33.2 Å². The summed E-state index contributed by atoms with van der Waals surface area (Å²) in [6, 6.07) is 17.0. The maximum absolute atomic E-state index is 13.9. The summed E-state index contributed by atoms with van der Waals surface area (Å²) in [5.74, 6) is 1.82. The molecule has 4 saturated carbocycles. The van der Waals surface area contributed by atoms with E-state index in [2.05, 4.69) is 100 Å². The van der Waals surface area contributed by atoms with Crippen molar-refractivity contribution in [2.45, 2.75) is 89.9 Å². The Balaban J connectivity index is 1.12. The third kappa shape index (κ3) is 4.15. The van der Waals surface area contributed by atoms with E-state index in [9.17, 15) is 9.59 Å². The van der Waals surface area contributed by atoms with Crippen molar-refractivity contribution in [2.75, 3.05) is 23.9 Å². The van der Waals surface area contributed by atoms with Crippen LogP contribution in [0.5, 0.6) is 0 Å². The first-order chi connectivity index (χ1) is 19.8. The summed E-state index contributed by atoms with van der Waals surface area (Å²) in [4.78, 5) is 32.1. The number of carbonyl (C=O) groups excluding carboxylic acids is 2. The van der Waals surface area contributed by atoms with Crippen molar-refractivity contribution in [3.05, 3.63) is 83.2 Å². The molecule has 0 spiro atoms. The van der Waals surface area contributed by atoms with Gasteiger partial charge in [-0.25, -0.2) is 0 Å². The van der Waals surface area contributed by atoms with Gasteiger partial charge in [-0.05, 0) is 84.5 Å². The smallest absolute Gasteiger partial charge is 0.158 e. The van der Waals surface area contributed by atoms with Crippen molar-refractivity contribution in [1.82, 2.24) is 0 Å². The second-order valence-electron chi connectivity index (χ2n) is 15.7. The minimum atomic E-state index is -0.190. The van der Waals surface area contributed by atoms with Crippen molar-refractivity contribution in [1.29, 1.82) is 0 Å². The van der Waals surface area contributed by atoms with Crippen molar-refractivity contribution >= 4 is 22.9 Å². The predicted molar refractivity (Wildman–Crippen MR) is 171 cm³/mol. The lowest BCUT2D eigenvalue weighted by atomic mass is 9.42. The van der Waals surface area contributed by atoms with Gasteiger partial charge in [-0.2, -0.15) is 0 Å². The monoisotopic (exact) mass is 562 g/mol. The molecule has 4 aliphatic carbocycles. The first-order valence-electron chi connectivity index (χ1n) is 16.0. The number of anilines is 2. The van der Waals surface area contributed by atoms with Crippen molar-refractivity contribution in [3.63, 3.8) is 0 Å². The van der Waals surface area contributed by atoms with Gasteiger partial charge in [-0.3, -0.25) is 9.59 Å². The van der Waals surface area contributed by atoms with Crippen LogP contribution in [0.3, 0.4) is 0 Å². The van der Waals surface area contributed by atoms with E-state index in [0.717, 1.165) is 43.5 Å². The van der Waals surface area contributed by atoms with Crippen molar-refractivity contribution in [2.24, 2.45) is 22.7 Å². The number of hydrogen-bond acceptors (Lipinski definition) is 4. The largest absolute Gasteiger partial charge is 0.347 e. The quantitative estimate of drug-likeness (QED) is 0.334. The van der Waals surface area contributed by atoms with Gasteiger partial charge in [0.15, 0.2) is 11.6 Å². The van der Waals surface area contributed by atoms with Crippen LogP contribution < -0.4 is 9.80 Å². The van der Waals surface area contributed by atoms with Gasteiger partial charge < -0.3 is 9.80 Å². The minimum absolute atomic E-state index is 0.0411. The van der Waals surface area contributed by atoms with Crippen LogP contribution in [0.2, 0.25) is 0 Å². The van der Waals surface area contributed by atoms with Gasteiger partial charge in [0.25, 0.3) is 0 Å². The van der Waals surface area contributed by atoms with Gasteiger partial charge in [0.2, 0.25) is 0 Å². The number of para-hydroxylation sites is 2. The Bertz CT molecular complexity index is 1420. The van der Waals surface area contributed by atoms with Crippen LogP contribution in [-0.2, 0) is 20.4 Å². The maximum atomic E-state index is 13.9. The number of fused-ring (bicyclic) bond motifs is 2. The summed E-state index contributed by atoms with van der Waals surface area (Å²) in [6.45, 7) is 8.93. The highest BCUT2D eigenvalue weighted by Crippen LogP contribution is 2.67. The predicted octanol–water partition coefficient (Wildman–Crippen LogP) is 8.11. The molecule has 42 heavy (non-hydrogen) atoms. The summed E-state index contributed by atoms with van der Waals surface area (Å²) in [7, 11) is 4.18. The molecule has 4 fully saturated rings. The number of hydrogen-bond donors (Lipinski definition) is 0. The fourth-order valence-corrected chi connectivity index (χ4v) is 10.7. The molecule has 2 aromatic rings. The molecular formula is C38H46N2O2. The molecule has 0 aromatic heterocycles. The third-order valence-electron chi connectivity index (χ3n) is 11.9. The summed E-state index contributed by atoms with van der Waals surface area (Å²) < 4.78 is 0.